The van der Waals surface area contributed by atoms with Crippen molar-refractivity contribution in [3.05, 3.63) is 70.8 Å². The summed E-state index contributed by atoms with van der Waals surface area (Å²) in [7, 11) is 0. The van der Waals surface area contributed by atoms with Crippen LogP contribution in [0.3, 0.4) is 0 Å². The number of aromatic nitrogens is 1. The van der Waals surface area contributed by atoms with Gasteiger partial charge in [-0.2, -0.15) is 0 Å². The molecule has 1 aromatic heterocycles. The lowest BCUT2D eigenvalue weighted by Crippen LogP contribution is -2.35. The summed E-state index contributed by atoms with van der Waals surface area (Å²) in [4.78, 5) is 15.5. The fraction of sp³-hybridized carbons (Fsp3) is 0.333. The van der Waals surface area contributed by atoms with Crippen LogP contribution in [-0.4, -0.2) is 45.6 Å². The second-order valence-electron chi connectivity index (χ2n) is 8.69. The van der Waals surface area contributed by atoms with Gasteiger partial charge in [-0.05, 0) is 50.0 Å². The van der Waals surface area contributed by atoms with E-state index < -0.39 is 0 Å². The molecule has 34 heavy (non-hydrogen) atoms. The second kappa shape index (κ2) is 10.3. The monoisotopic (exact) mass is 492 g/mol. The van der Waals surface area contributed by atoms with Gasteiger partial charge in [-0.15, -0.1) is 0 Å². The molecule has 176 valence electrons. The highest BCUT2D eigenvalue weighted by atomic mass is 32.2. The minimum absolute atomic E-state index is 0.0195. The lowest BCUT2D eigenvalue weighted by molar-refractivity contribution is -0.123. The highest BCUT2D eigenvalue weighted by Gasteiger charge is 2.34. The Morgan fingerprint density at radius 2 is 2.03 bits per heavy atom. The van der Waals surface area contributed by atoms with E-state index in [-0.39, 0.29) is 12.0 Å². The van der Waals surface area contributed by atoms with E-state index >= 15 is 0 Å². The number of benzene rings is 2. The molecule has 0 bridgehead atoms. The van der Waals surface area contributed by atoms with Crippen molar-refractivity contribution in [2.24, 2.45) is 0 Å². The number of nitrogens with zero attached hydrogens (tertiary/aromatic N) is 2. The number of hydrogen-bond donors (Lipinski definition) is 0. The lowest BCUT2D eigenvalue weighted by Gasteiger charge is -2.18. The number of carbonyl (C=O) groups is 1. The van der Waals surface area contributed by atoms with Gasteiger partial charge in [-0.25, -0.2) is 0 Å². The first kappa shape index (κ1) is 23.1. The van der Waals surface area contributed by atoms with Gasteiger partial charge in [0.25, 0.3) is 5.91 Å². The number of ether oxygens (including phenoxy) is 2. The number of aryl methyl sites for hydroxylation is 2. The van der Waals surface area contributed by atoms with Crippen LogP contribution in [0.15, 0.2) is 59.6 Å². The van der Waals surface area contributed by atoms with Gasteiger partial charge in [0.15, 0.2) is 0 Å². The van der Waals surface area contributed by atoms with E-state index in [0.29, 0.717) is 22.4 Å². The number of thioether (sulfide) groups is 1. The minimum Gasteiger partial charge on any atom is -0.493 e. The lowest BCUT2D eigenvalue weighted by atomic mass is 10.1. The first-order valence-electron chi connectivity index (χ1n) is 11.7. The molecular weight excluding hydrogens is 464 g/mol. The fourth-order valence-electron chi connectivity index (χ4n) is 4.50. The summed E-state index contributed by atoms with van der Waals surface area (Å²) < 4.78 is 14.5. The minimum atomic E-state index is -0.0195. The van der Waals surface area contributed by atoms with Crippen LogP contribution in [0.25, 0.3) is 17.0 Å². The number of fused-ring (bicyclic) bond motifs is 1. The summed E-state index contributed by atoms with van der Waals surface area (Å²) in [6, 6.07) is 16.4. The van der Waals surface area contributed by atoms with Crippen molar-refractivity contribution in [2.75, 3.05) is 19.8 Å². The Bertz CT molecular complexity index is 1240. The van der Waals surface area contributed by atoms with Crippen molar-refractivity contribution in [1.29, 1.82) is 0 Å². The van der Waals surface area contributed by atoms with Gasteiger partial charge in [-0.1, -0.05) is 60.4 Å². The highest BCUT2D eigenvalue weighted by Crippen LogP contribution is 2.35. The molecule has 0 unspecified atom stereocenters. The van der Waals surface area contributed by atoms with Crippen molar-refractivity contribution < 1.29 is 14.3 Å². The Hall–Kier alpha value is -2.61. The molecule has 1 atom stereocenters. The third kappa shape index (κ3) is 4.92. The van der Waals surface area contributed by atoms with Gasteiger partial charge in [0.05, 0.1) is 24.2 Å². The average molecular weight is 493 g/mol. The zero-order chi connectivity index (χ0) is 23.5. The van der Waals surface area contributed by atoms with E-state index in [9.17, 15) is 4.79 Å². The van der Waals surface area contributed by atoms with E-state index in [1.54, 1.807) is 4.90 Å². The number of para-hydroxylation sites is 2. The fourth-order valence-corrected chi connectivity index (χ4v) is 5.77. The third-order valence-electron chi connectivity index (χ3n) is 6.28. The molecule has 0 radical (unpaired) electrons. The Morgan fingerprint density at radius 1 is 1.21 bits per heavy atom. The van der Waals surface area contributed by atoms with Crippen LogP contribution in [0.2, 0.25) is 0 Å². The molecule has 0 aliphatic carbocycles. The summed E-state index contributed by atoms with van der Waals surface area (Å²) in [6.45, 7) is 4.86. The van der Waals surface area contributed by atoms with Crippen molar-refractivity contribution in [2.45, 2.75) is 38.8 Å². The van der Waals surface area contributed by atoms with Crippen molar-refractivity contribution in [3.63, 3.8) is 0 Å². The molecule has 2 fully saturated rings. The zero-order valence-corrected chi connectivity index (χ0v) is 20.9. The predicted octanol–water partition coefficient (Wildman–Crippen LogP) is 5.80. The van der Waals surface area contributed by atoms with Crippen LogP contribution < -0.4 is 4.74 Å². The quantitative estimate of drug-likeness (QED) is 0.226. The molecule has 1 amide bonds. The summed E-state index contributed by atoms with van der Waals surface area (Å²) in [6.07, 6.45) is 7.12. The Labute approximate surface area is 209 Å². The van der Waals surface area contributed by atoms with E-state index in [1.165, 1.54) is 11.8 Å². The molecular formula is C27H28N2O3S2. The largest absolute Gasteiger partial charge is 0.493 e. The van der Waals surface area contributed by atoms with Gasteiger partial charge >= 0.3 is 0 Å². The molecule has 7 heteroatoms. The van der Waals surface area contributed by atoms with Crippen molar-refractivity contribution >= 4 is 51.2 Å². The van der Waals surface area contributed by atoms with E-state index in [2.05, 4.69) is 35.9 Å². The maximum atomic E-state index is 13.1. The Kier molecular flexibility index (Phi) is 7.04. The zero-order valence-electron chi connectivity index (χ0n) is 19.2. The Morgan fingerprint density at radius 3 is 2.85 bits per heavy atom. The summed E-state index contributed by atoms with van der Waals surface area (Å²) >= 11 is 6.90. The van der Waals surface area contributed by atoms with Crippen LogP contribution in [0.5, 0.6) is 5.75 Å². The number of thiocarbonyl (C=S) groups is 1. The third-order valence-corrected chi connectivity index (χ3v) is 7.66. The van der Waals surface area contributed by atoms with Gasteiger partial charge in [0, 0.05) is 35.8 Å². The Balaban J connectivity index is 1.30. The molecule has 3 aromatic rings. The second-order valence-corrected chi connectivity index (χ2v) is 10.4. The van der Waals surface area contributed by atoms with Crippen molar-refractivity contribution in [3.8, 4) is 5.75 Å². The van der Waals surface area contributed by atoms with Gasteiger partial charge in [0.2, 0.25) is 0 Å². The van der Waals surface area contributed by atoms with Crippen LogP contribution in [0, 0.1) is 6.92 Å². The first-order chi connectivity index (χ1) is 16.6. The molecule has 5 nitrogen and oxygen atoms in total. The molecule has 5 rings (SSSR count). The predicted molar refractivity (Wildman–Crippen MR) is 142 cm³/mol. The SMILES string of the molecule is Cc1ccccc1OCCCn1cc(/C=C2\SC(=S)N(C[C@H]3CCCO3)C2=O)c2ccccc21. The number of carbonyl (C=O) groups excluding carboxylic acids is 1. The molecule has 2 aliphatic rings. The molecule has 3 heterocycles. The van der Waals surface area contributed by atoms with E-state index in [1.807, 2.05) is 36.4 Å². The molecule has 2 saturated heterocycles. The maximum Gasteiger partial charge on any atom is 0.266 e. The van der Waals surface area contributed by atoms with Crippen LogP contribution in [0.4, 0.5) is 0 Å². The molecule has 0 spiro atoms. The molecule has 2 aliphatic heterocycles. The smallest absolute Gasteiger partial charge is 0.266 e. The van der Waals surface area contributed by atoms with E-state index in [0.717, 1.165) is 60.2 Å². The van der Waals surface area contributed by atoms with E-state index in [4.69, 9.17) is 21.7 Å². The van der Waals surface area contributed by atoms with Crippen LogP contribution in [-0.2, 0) is 16.1 Å². The van der Waals surface area contributed by atoms with Crippen LogP contribution >= 0.6 is 24.0 Å². The normalized spacial score (nSPS) is 19.6. The molecule has 0 N–H and O–H groups in total. The van der Waals surface area contributed by atoms with Gasteiger partial charge in [-0.3, -0.25) is 9.69 Å². The number of rotatable bonds is 8. The standard InChI is InChI=1S/C27H28N2O3S2/c1-19-8-2-5-12-24(19)32-15-7-13-28-17-20(22-10-3-4-11-23(22)28)16-25-26(30)29(27(33)34-25)18-21-9-6-14-31-21/h2-5,8,10-12,16-17,21H,6-7,9,13-15,18H2,1H3/b25-16-/t21-/m1/s1. The molecule has 0 saturated carbocycles. The summed E-state index contributed by atoms with van der Waals surface area (Å²) in [5.41, 5.74) is 3.33. The van der Waals surface area contributed by atoms with Crippen LogP contribution in [0.1, 0.15) is 30.4 Å². The molecule has 2 aromatic carbocycles. The van der Waals surface area contributed by atoms with Crippen molar-refractivity contribution in [1.82, 2.24) is 9.47 Å². The highest BCUT2D eigenvalue weighted by molar-refractivity contribution is 8.26. The number of amides is 1. The number of hydrogen-bond acceptors (Lipinski definition) is 5. The first-order valence-corrected chi connectivity index (χ1v) is 13.0. The average Bonchev–Trinajstić information content (AvgIpc) is 3.54. The summed E-state index contributed by atoms with van der Waals surface area (Å²) in [5.74, 6) is 0.916. The summed E-state index contributed by atoms with van der Waals surface area (Å²) in [5, 5.41) is 1.13. The topological polar surface area (TPSA) is 43.7 Å². The van der Waals surface area contributed by atoms with Gasteiger partial charge in [0.1, 0.15) is 10.1 Å². The maximum absolute atomic E-state index is 13.1. The van der Waals surface area contributed by atoms with Gasteiger partial charge < -0.3 is 14.0 Å².